The molecule has 88 valence electrons. The molecule has 0 aliphatic heterocycles. The van der Waals surface area contributed by atoms with Crippen molar-refractivity contribution < 1.29 is 9.90 Å². The highest BCUT2D eigenvalue weighted by Gasteiger charge is 2.12. The zero-order valence-corrected chi connectivity index (χ0v) is 10.6. The average molecular weight is 287 g/mol. The minimum Gasteiger partial charge on any atom is -0.388 e. The molecule has 0 fully saturated rings. The summed E-state index contributed by atoms with van der Waals surface area (Å²) in [6, 6.07) is 5.35. The molecule has 4 N–H and O–H groups in total. The number of carbonyl (C=O) groups excluding carboxylic acids is 1. The van der Waals surface area contributed by atoms with Gasteiger partial charge in [0, 0.05) is 22.6 Å². The van der Waals surface area contributed by atoms with Crippen LogP contribution in [0.1, 0.15) is 25.0 Å². The summed E-state index contributed by atoms with van der Waals surface area (Å²) in [6.07, 6.45) is -0.186. The molecule has 16 heavy (non-hydrogen) atoms. The van der Waals surface area contributed by atoms with Crippen LogP contribution in [-0.4, -0.2) is 17.6 Å². The summed E-state index contributed by atoms with van der Waals surface area (Å²) in [7, 11) is 0. The third-order valence-corrected chi connectivity index (χ3v) is 2.62. The number of nitrogens with two attached hydrogens (primary N) is 1. The molecule has 0 aliphatic rings. The van der Waals surface area contributed by atoms with Crippen molar-refractivity contribution >= 4 is 27.5 Å². The SMILES string of the molecule is CC(=O)Nc1cc(Br)ccc1C(O)CCN. The Balaban J connectivity index is 3.01. The largest absolute Gasteiger partial charge is 0.388 e. The van der Waals surface area contributed by atoms with Crippen molar-refractivity contribution in [1.82, 2.24) is 0 Å². The molecule has 4 nitrogen and oxygen atoms in total. The van der Waals surface area contributed by atoms with Crippen LogP contribution in [0.25, 0.3) is 0 Å². The number of aliphatic hydroxyl groups excluding tert-OH is 1. The zero-order chi connectivity index (χ0) is 12.1. The van der Waals surface area contributed by atoms with Crippen LogP contribution >= 0.6 is 15.9 Å². The van der Waals surface area contributed by atoms with Gasteiger partial charge in [-0.15, -0.1) is 0 Å². The lowest BCUT2D eigenvalue weighted by Gasteiger charge is -2.15. The molecule has 0 spiro atoms. The van der Waals surface area contributed by atoms with Gasteiger partial charge in [0.1, 0.15) is 0 Å². The minimum absolute atomic E-state index is 0.167. The number of halogens is 1. The molecular weight excluding hydrogens is 272 g/mol. The summed E-state index contributed by atoms with van der Waals surface area (Å²) in [6.45, 7) is 1.83. The van der Waals surface area contributed by atoms with Gasteiger partial charge in [-0.1, -0.05) is 22.0 Å². The van der Waals surface area contributed by atoms with Crippen LogP contribution in [0.2, 0.25) is 0 Å². The molecule has 1 unspecified atom stereocenters. The first-order chi connectivity index (χ1) is 7.54. The van der Waals surface area contributed by atoms with E-state index in [-0.39, 0.29) is 5.91 Å². The van der Waals surface area contributed by atoms with Crippen LogP contribution in [0, 0.1) is 0 Å². The number of hydrogen-bond donors (Lipinski definition) is 3. The van der Waals surface area contributed by atoms with Gasteiger partial charge in [0.25, 0.3) is 0 Å². The highest BCUT2D eigenvalue weighted by Crippen LogP contribution is 2.28. The molecule has 1 amide bonds. The number of amides is 1. The van der Waals surface area contributed by atoms with Gasteiger partial charge < -0.3 is 16.2 Å². The Labute approximate surface area is 103 Å². The van der Waals surface area contributed by atoms with Crippen molar-refractivity contribution in [2.75, 3.05) is 11.9 Å². The monoisotopic (exact) mass is 286 g/mol. The summed E-state index contributed by atoms with van der Waals surface area (Å²) in [4.78, 5) is 11.0. The predicted octanol–water partition coefficient (Wildman–Crippen LogP) is 1.79. The first-order valence-electron chi connectivity index (χ1n) is 4.99. The summed E-state index contributed by atoms with van der Waals surface area (Å²) < 4.78 is 0.847. The number of rotatable bonds is 4. The van der Waals surface area contributed by atoms with E-state index in [1.54, 1.807) is 12.1 Å². The predicted molar refractivity (Wildman–Crippen MR) is 67.1 cm³/mol. The van der Waals surface area contributed by atoms with E-state index in [1.807, 2.05) is 6.07 Å². The Kier molecular flexibility index (Phi) is 4.92. The van der Waals surface area contributed by atoms with E-state index in [0.29, 0.717) is 24.2 Å². The first kappa shape index (κ1) is 13.2. The summed E-state index contributed by atoms with van der Waals surface area (Å²) in [5.41, 5.74) is 6.69. The van der Waals surface area contributed by atoms with E-state index in [0.717, 1.165) is 4.47 Å². The maximum Gasteiger partial charge on any atom is 0.221 e. The van der Waals surface area contributed by atoms with Crippen molar-refractivity contribution in [2.24, 2.45) is 5.73 Å². The fourth-order valence-electron chi connectivity index (χ4n) is 1.43. The maximum atomic E-state index is 11.0. The summed E-state index contributed by atoms with van der Waals surface area (Å²) >= 11 is 3.32. The second-order valence-electron chi connectivity index (χ2n) is 3.51. The smallest absolute Gasteiger partial charge is 0.221 e. The highest BCUT2D eigenvalue weighted by atomic mass is 79.9. The molecule has 0 bridgehead atoms. The molecule has 1 rings (SSSR count). The molecule has 5 heteroatoms. The normalized spacial score (nSPS) is 12.2. The third kappa shape index (κ3) is 3.59. The van der Waals surface area contributed by atoms with Crippen LogP contribution in [0.15, 0.2) is 22.7 Å². The number of nitrogens with one attached hydrogen (secondary N) is 1. The van der Waals surface area contributed by atoms with E-state index in [1.165, 1.54) is 6.92 Å². The van der Waals surface area contributed by atoms with Gasteiger partial charge in [-0.25, -0.2) is 0 Å². The van der Waals surface area contributed by atoms with Gasteiger partial charge in [-0.2, -0.15) is 0 Å². The summed E-state index contributed by atoms with van der Waals surface area (Å²) in [5, 5.41) is 12.5. The third-order valence-electron chi connectivity index (χ3n) is 2.13. The van der Waals surface area contributed by atoms with E-state index >= 15 is 0 Å². The number of anilines is 1. The second kappa shape index (κ2) is 5.98. The van der Waals surface area contributed by atoms with Crippen molar-refractivity contribution in [2.45, 2.75) is 19.4 Å². The standard InChI is InChI=1S/C11H15BrN2O2/c1-7(15)14-10-6-8(12)2-3-9(10)11(16)4-5-13/h2-3,6,11,16H,4-5,13H2,1H3,(H,14,15). The Hall–Kier alpha value is -0.910. The fourth-order valence-corrected chi connectivity index (χ4v) is 1.79. The van der Waals surface area contributed by atoms with Crippen molar-refractivity contribution in [3.63, 3.8) is 0 Å². The Bertz CT molecular complexity index is 382. The van der Waals surface area contributed by atoms with Crippen LogP contribution in [0.4, 0.5) is 5.69 Å². The minimum atomic E-state index is -0.653. The molecular formula is C11H15BrN2O2. The van der Waals surface area contributed by atoms with Crippen LogP contribution in [0.3, 0.4) is 0 Å². The lowest BCUT2D eigenvalue weighted by molar-refractivity contribution is -0.114. The Morgan fingerprint density at radius 1 is 1.62 bits per heavy atom. The molecule has 0 aliphatic carbocycles. The van der Waals surface area contributed by atoms with Crippen LogP contribution < -0.4 is 11.1 Å². The number of carbonyl (C=O) groups is 1. The van der Waals surface area contributed by atoms with Crippen LogP contribution in [0.5, 0.6) is 0 Å². The van der Waals surface area contributed by atoms with Crippen LogP contribution in [-0.2, 0) is 4.79 Å². The fraction of sp³-hybridized carbons (Fsp3) is 0.364. The second-order valence-corrected chi connectivity index (χ2v) is 4.42. The molecule has 0 saturated heterocycles. The van der Waals surface area contributed by atoms with E-state index in [2.05, 4.69) is 21.2 Å². The van der Waals surface area contributed by atoms with Crippen molar-refractivity contribution in [3.05, 3.63) is 28.2 Å². The topological polar surface area (TPSA) is 75.3 Å². The van der Waals surface area contributed by atoms with E-state index < -0.39 is 6.10 Å². The quantitative estimate of drug-likeness (QED) is 0.790. The molecule has 0 heterocycles. The molecule has 0 saturated carbocycles. The molecule has 1 aromatic carbocycles. The number of benzene rings is 1. The average Bonchev–Trinajstić information content (AvgIpc) is 2.16. The summed E-state index contributed by atoms with van der Waals surface area (Å²) in [5.74, 6) is -0.167. The first-order valence-corrected chi connectivity index (χ1v) is 5.79. The van der Waals surface area contributed by atoms with Gasteiger partial charge in [-0.3, -0.25) is 4.79 Å². The zero-order valence-electron chi connectivity index (χ0n) is 9.03. The highest BCUT2D eigenvalue weighted by molar-refractivity contribution is 9.10. The lowest BCUT2D eigenvalue weighted by Crippen LogP contribution is -2.12. The Morgan fingerprint density at radius 3 is 2.88 bits per heavy atom. The Morgan fingerprint density at radius 2 is 2.31 bits per heavy atom. The maximum absolute atomic E-state index is 11.0. The van der Waals surface area contributed by atoms with Gasteiger partial charge in [0.2, 0.25) is 5.91 Å². The van der Waals surface area contributed by atoms with Gasteiger partial charge in [0.05, 0.1) is 6.10 Å². The number of hydrogen-bond acceptors (Lipinski definition) is 3. The molecule has 0 aromatic heterocycles. The van der Waals surface area contributed by atoms with Gasteiger partial charge in [0.15, 0.2) is 0 Å². The number of aliphatic hydroxyl groups is 1. The van der Waals surface area contributed by atoms with Gasteiger partial charge in [-0.05, 0) is 25.1 Å². The molecule has 1 aromatic rings. The van der Waals surface area contributed by atoms with Crippen molar-refractivity contribution in [3.8, 4) is 0 Å². The lowest BCUT2D eigenvalue weighted by atomic mass is 10.0. The molecule has 1 atom stereocenters. The van der Waals surface area contributed by atoms with E-state index in [9.17, 15) is 9.90 Å². The van der Waals surface area contributed by atoms with Crippen molar-refractivity contribution in [1.29, 1.82) is 0 Å². The van der Waals surface area contributed by atoms with Gasteiger partial charge >= 0.3 is 0 Å². The van der Waals surface area contributed by atoms with E-state index in [4.69, 9.17) is 5.73 Å². The molecule has 0 radical (unpaired) electrons.